The van der Waals surface area contributed by atoms with Crippen molar-refractivity contribution < 1.29 is 18.7 Å². The highest BCUT2D eigenvalue weighted by Gasteiger charge is 2.25. The van der Waals surface area contributed by atoms with E-state index < -0.39 is 5.97 Å². The molecule has 29 heavy (non-hydrogen) atoms. The molecule has 144 valence electrons. The minimum atomic E-state index is -0.544. The molecular formula is C23H15ClFNO3. The van der Waals surface area contributed by atoms with Crippen molar-refractivity contribution in [1.82, 2.24) is 0 Å². The molecule has 0 aromatic heterocycles. The van der Waals surface area contributed by atoms with Crippen molar-refractivity contribution in [2.24, 2.45) is 4.99 Å². The van der Waals surface area contributed by atoms with Gasteiger partial charge in [-0.2, -0.15) is 0 Å². The Morgan fingerprint density at radius 2 is 1.83 bits per heavy atom. The third kappa shape index (κ3) is 4.52. The maximum absolute atomic E-state index is 13.0. The first-order chi connectivity index (χ1) is 14.1. The zero-order valence-electron chi connectivity index (χ0n) is 15.1. The number of benzene rings is 3. The van der Waals surface area contributed by atoms with Gasteiger partial charge in [-0.3, -0.25) is 0 Å². The quantitative estimate of drug-likeness (QED) is 0.420. The summed E-state index contributed by atoms with van der Waals surface area (Å²) in [7, 11) is 0. The van der Waals surface area contributed by atoms with E-state index in [1.807, 2.05) is 12.1 Å². The molecule has 1 heterocycles. The summed E-state index contributed by atoms with van der Waals surface area (Å²) in [4.78, 5) is 16.5. The molecule has 0 fully saturated rings. The highest BCUT2D eigenvalue weighted by molar-refractivity contribution is 6.34. The van der Waals surface area contributed by atoms with E-state index in [0.717, 1.165) is 11.1 Å². The predicted octanol–water partition coefficient (Wildman–Crippen LogP) is 5.40. The van der Waals surface area contributed by atoms with Crippen molar-refractivity contribution in [3.05, 3.63) is 106 Å². The lowest BCUT2D eigenvalue weighted by molar-refractivity contribution is -0.129. The fourth-order valence-electron chi connectivity index (χ4n) is 2.76. The smallest absolute Gasteiger partial charge is 0.363 e. The number of hydrogen-bond acceptors (Lipinski definition) is 4. The first-order valence-electron chi connectivity index (χ1n) is 8.83. The first-order valence-corrected chi connectivity index (χ1v) is 9.21. The number of halogens is 2. The number of carbonyl (C=O) groups excluding carboxylic acids is 1. The molecule has 1 aliphatic rings. The molecule has 3 aromatic carbocycles. The van der Waals surface area contributed by atoms with Crippen molar-refractivity contribution in [2.45, 2.75) is 6.61 Å². The summed E-state index contributed by atoms with van der Waals surface area (Å²) in [5.41, 5.74) is 2.32. The van der Waals surface area contributed by atoms with Gasteiger partial charge in [-0.25, -0.2) is 14.2 Å². The van der Waals surface area contributed by atoms with Crippen molar-refractivity contribution >= 4 is 29.5 Å². The van der Waals surface area contributed by atoms with Crippen molar-refractivity contribution in [2.75, 3.05) is 0 Å². The average Bonchev–Trinajstić information content (AvgIpc) is 3.08. The van der Waals surface area contributed by atoms with Crippen molar-refractivity contribution in [3.63, 3.8) is 0 Å². The second-order valence-electron chi connectivity index (χ2n) is 6.30. The monoisotopic (exact) mass is 407 g/mol. The zero-order chi connectivity index (χ0) is 20.2. The van der Waals surface area contributed by atoms with Gasteiger partial charge in [0.2, 0.25) is 5.90 Å². The molecule has 0 saturated heterocycles. The number of cyclic esters (lactones) is 1. The first kappa shape index (κ1) is 18.9. The highest BCUT2D eigenvalue weighted by atomic mass is 35.5. The highest BCUT2D eigenvalue weighted by Crippen LogP contribution is 2.24. The number of aliphatic imine (C=N–C) groups is 1. The minimum Gasteiger partial charge on any atom is -0.489 e. The van der Waals surface area contributed by atoms with Crippen LogP contribution in [0.2, 0.25) is 5.02 Å². The summed E-state index contributed by atoms with van der Waals surface area (Å²) < 4.78 is 24.0. The topological polar surface area (TPSA) is 47.9 Å². The molecule has 0 atom stereocenters. The van der Waals surface area contributed by atoms with Crippen LogP contribution in [0.25, 0.3) is 6.08 Å². The molecule has 0 radical (unpaired) electrons. The van der Waals surface area contributed by atoms with Crippen molar-refractivity contribution in [1.29, 1.82) is 0 Å². The van der Waals surface area contributed by atoms with E-state index in [1.165, 1.54) is 12.1 Å². The van der Waals surface area contributed by atoms with Gasteiger partial charge < -0.3 is 9.47 Å². The summed E-state index contributed by atoms with van der Waals surface area (Å²) in [6.45, 7) is 0.303. The van der Waals surface area contributed by atoms with E-state index in [0.29, 0.717) is 22.9 Å². The van der Waals surface area contributed by atoms with E-state index in [4.69, 9.17) is 21.1 Å². The molecule has 6 heteroatoms. The van der Waals surface area contributed by atoms with Gasteiger partial charge in [0, 0.05) is 0 Å². The van der Waals surface area contributed by atoms with Gasteiger partial charge in [0.15, 0.2) is 5.70 Å². The molecule has 3 aromatic rings. The summed E-state index contributed by atoms with van der Waals surface area (Å²) >= 11 is 6.15. The number of carbonyl (C=O) groups is 1. The number of esters is 1. The molecule has 1 aliphatic heterocycles. The van der Waals surface area contributed by atoms with Gasteiger partial charge in [-0.1, -0.05) is 48.0 Å². The van der Waals surface area contributed by atoms with E-state index in [1.54, 1.807) is 54.6 Å². The molecule has 4 nitrogen and oxygen atoms in total. The zero-order valence-corrected chi connectivity index (χ0v) is 15.9. The Kier molecular flexibility index (Phi) is 5.40. The lowest BCUT2D eigenvalue weighted by atomic mass is 10.2. The average molecular weight is 408 g/mol. The van der Waals surface area contributed by atoms with Gasteiger partial charge >= 0.3 is 5.97 Å². The standard InChI is InChI=1S/C23H15ClFNO3/c24-20-7-2-1-6-19(20)22-26-21(23(27)29-22)13-16-4-3-5-18(12-16)28-14-15-8-10-17(25)11-9-15/h1-13H,14H2/b21-13-. The maximum atomic E-state index is 13.0. The molecule has 0 amide bonds. The van der Waals surface area contributed by atoms with Gasteiger partial charge in [0.25, 0.3) is 0 Å². The number of rotatable bonds is 5. The molecule has 4 rings (SSSR count). The van der Waals surface area contributed by atoms with E-state index in [-0.39, 0.29) is 17.4 Å². The third-order valence-electron chi connectivity index (χ3n) is 4.21. The third-order valence-corrected chi connectivity index (χ3v) is 4.53. The van der Waals surface area contributed by atoms with Crippen LogP contribution in [0.4, 0.5) is 4.39 Å². The van der Waals surface area contributed by atoms with Crippen LogP contribution in [0.3, 0.4) is 0 Å². The SMILES string of the molecule is O=C1OC(c2ccccc2Cl)=N/C1=C\c1cccc(OCc2ccc(F)cc2)c1. The van der Waals surface area contributed by atoms with E-state index >= 15 is 0 Å². The van der Waals surface area contributed by atoms with Gasteiger partial charge in [-0.05, 0) is 53.6 Å². The molecule has 0 aliphatic carbocycles. The Labute approximate surface area is 171 Å². The van der Waals surface area contributed by atoms with Crippen LogP contribution in [0, 0.1) is 5.82 Å². The minimum absolute atomic E-state index is 0.176. The van der Waals surface area contributed by atoms with Crippen LogP contribution in [-0.4, -0.2) is 11.9 Å². The fraction of sp³-hybridized carbons (Fsp3) is 0.0435. The molecule has 0 unspecified atom stereocenters. The van der Waals surface area contributed by atoms with Crippen LogP contribution < -0.4 is 4.74 Å². The Morgan fingerprint density at radius 1 is 1.03 bits per heavy atom. The molecule has 0 bridgehead atoms. The Morgan fingerprint density at radius 3 is 2.62 bits per heavy atom. The van der Waals surface area contributed by atoms with Gasteiger partial charge in [0.1, 0.15) is 18.2 Å². The lowest BCUT2D eigenvalue weighted by Gasteiger charge is -2.07. The summed E-state index contributed by atoms with van der Waals surface area (Å²) in [5.74, 6) is -0.0407. The maximum Gasteiger partial charge on any atom is 0.363 e. The number of nitrogens with zero attached hydrogens (tertiary/aromatic N) is 1. The van der Waals surface area contributed by atoms with Crippen LogP contribution in [0.1, 0.15) is 16.7 Å². The number of hydrogen-bond donors (Lipinski definition) is 0. The van der Waals surface area contributed by atoms with Crippen LogP contribution in [-0.2, 0) is 16.1 Å². The summed E-state index contributed by atoms with van der Waals surface area (Å²) in [5, 5.41) is 0.455. The normalized spacial score (nSPS) is 14.6. The molecule has 0 spiro atoms. The van der Waals surface area contributed by atoms with E-state index in [9.17, 15) is 9.18 Å². The second-order valence-corrected chi connectivity index (χ2v) is 6.71. The fourth-order valence-corrected chi connectivity index (χ4v) is 2.97. The Hall–Kier alpha value is -3.44. The lowest BCUT2D eigenvalue weighted by Crippen LogP contribution is -2.05. The Bertz CT molecular complexity index is 1120. The van der Waals surface area contributed by atoms with Crippen molar-refractivity contribution in [3.8, 4) is 5.75 Å². The predicted molar refractivity (Wildman–Crippen MR) is 109 cm³/mol. The molecule has 0 saturated carbocycles. The number of ether oxygens (including phenoxy) is 2. The van der Waals surface area contributed by atoms with Gasteiger partial charge in [-0.15, -0.1) is 0 Å². The molecule has 0 N–H and O–H groups in total. The summed E-state index contributed by atoms with van der Waals surface area (Å²) in [6, 6.07) is 20.4. The second kappa shape index (κ2) is 8.29. The Balaban J connectivity index is 1.52. The van der Waals surface area contributed by atoms with E-state index in [2.05, 4.69) is 4.99 Å². The summed E-state index contributed by atoms with van der Waals surface area (Å²) in [6.07, 6.45) is 1.62. The largest absolute Gasteiger partial charge is 0.489 e. The molecular weight excluding hydrogens is 393 g/mol. The van der Waals surface area contributed by atoms with Gasteiger partial charge in [0.05, 0.1) is 10.6 Å². The van der Waals surface area contributed by atoms with Crippen LogP contribution in [0.15, 0.2) is 83.5 Å². The van der Waals surface area contributed by atoms with Crippen LogP contribution >= 0.6 is 11.6 Å². The van der Waals surface area contributed by atoms with Crippen LogP contribution in [0.5, 0.6) is 5.75 Å².